The molecule has 1 aliphatic heterocycles. The second kappa shape index (κ2) is 13.3. The van der Waals surface area contributed by atoms with Gasteiger partial charge in [0.2, 0.25) is 5.88 Å². The summed E-state index contributed by atoms with van der Waals surface area (Å²) >= 11 is 0. The van der Waals surface area contributed by atoms with Crippen LogP contribution in [0.2, 0.25) is 0 Å². The molecule has 0 spiro atoms. The van der Waals surface area contributed by atoms with E-state index >= 15 is 0 Å². The van der Waals surface area contributed by atoms with Crippen LogP contribution in [-0.4, -0.2) is 87.6 Å². The van der Waals surface area contributed by atoms with Crippen molar-refractivity contribution >= 4 is 5.88 Å². The molecule has 2 heterocycles. The van der Waals surface area contributed by atoms with Gasteiger partial charge in [-0.1, -0.05) is 41.6 Å². The summed E-state index contributed by atoms with van der Waals surface area (Å²) in [4.78, 5) is 4.40. The lowest BCUT2D eigenvalue weighted by molar-refractivity contribution is 0.0230. The maximum absolute atomic E-state index is 10.5. The summed E-state index contributed by atoms with van der Waals surface area (Å²) in [6.07, 6.45) is 1.93. The van der Waals surface area contributed by atoms with Crippen molar-refractivity contribution < 1.29 is 23.8 Å². The van der Waals surface area contributed by atoms with Gasteiger partial charge >= 0.3 is 0 Å². The zero-order chi connectivity index (χ0) is 22.6. The maximum Gasteiger partial charge on any atom is 0.232 e. The van der Waals surface area contributed by atoms with Crippen molar-refractivity contribution in [3.8, 4) is 11.3 Å². The molecular formula is C24H35N3O5. The number of aliphatic hydroxyl groups excluding tert-OH is 1. The molecule has 8 nitrogen and oxygen atoms in total. The van der Waals surface area contributed by atoms with E-state index in [1.165, 1.54) is 0 Å². The molecule has 2 aromatic rings. The molecule has 0 bridgehead atoms. The first-order valence-corrected chi connectivity index (χ1v) is 11.2. The van der Waals surface area contributed by atoms with Gasteiger partial charge in [0, 0.05) is 52.0 Å². The van der Waals surface area contributed by atoms with Crippen LogP contribution in [0.4, 0.5) is 5.88 Å². The van der Waals surface area contributed by atoms with Gasteiger partial charge in [0.1, 0.15) is 5.69 Å². The summed E-state index contributed by atoms with van der Waals surface area (Å²) in [5, 5.41) is 15.0. The fourth-order valence-electron chi connectivity index (χ4n) is 3.81. The van der Waals surface area contributed by atoms with E-state index in [-0.39, 0.29) is 6.61 Å². The first-order valence-electron chi connectivity index (χ1n) is 11.2. The van der Waals surface area contributed by atoms with Crippen molar-refractivity contribution in [2.24, 2.45) is 0 Å². The zero-order valence-corrected chi connectivity index (χ0v) is 18.9. The predicted octanol–water partition coefficient (Wildman–Crippen LogP) is 2.58. The van der Waals surface area contributed by atoms with Crippen molar-refractivity contribution in [2.45, 2.75) is 19.1 Å². The van der Waals surface area contributed by atoms with Crippen LogP contribution in [0, 0.1) is 0 Å². The number of aromatic nitrogens is 1. The smallest absolute Gasteiger partial charge is 0.232 e. The molecule has 0 saturated carbocycles. The molecule has 0 amide bonds. The van der Waals surface area contributed by atoms with E-state index in [4.69, 9.17) is 18.7 Å². The maximum atomic E-state index is 10.5. The lowest BCUT2D eigenvalue weighted by Crippen LogP contribution is -2.38. The van der Waals surface area contributed by atoms with Gasteiger partial charge in [0.15, 0.2) is 0 Å². The Kier molecular flexibility index (Phi) is 10.2. The summed E-state index contributed by atoms with van der Waals surface area (Å²) in [7, 11) is 1.70. The first kappa shape index (κ1) is 24.4. The van der Waals surface area contributed by atoms with Crippen molar-refractivity contribution in [1.82, 2.24) is 10.1 Å². The Hall–Kier alpha value is -2.23. The van der Waals surface area contributed by atoms with Gasteiger partial charge in [-0.3, -0.25) is 4.90 Å². The van der Waals surface area contributed by atoms with Crippen LogP contribution in [0.3, 0.4) is 0 Å². The van der Waals surface area contributed by atoms with Crippen molar-refractivity contribution in [3.63, 3.8) is 0 Å². The van der Waals surface area contributed by atoms with Crippen LogP contribution in [-0.2, 0) is 20.8 Å². The number of aliphatic hydroxyl groups is 1. The Morgan fingerprint density at radius 2 is 2.06 bits per heavy atom. The Labute approximate surface area is 190 Å². The summed E-state index contributed by atoms with van der Waals surface area (Å²) in [5.41, 5.74) is 2.87. The highest BCUT2D eigenvalue weighted by Gasteiger charge is 2.26. The molecule has 1 aliphatic rings. The van der Waals surface area contributed by atoms with Gasteiger partial charge in [-0.05, 0) is 6.42 Å². The van der Waals surface area contributed by atoms with Crippen LogP contribution in [0.25, 0.3) is 11.3 Å². The largest absolute Gasteiger partial charge is 0.389 e. The molecule has 1 fully saturated rings. The molecule has 8 heteroatoms. The van der Waals surface area contributed by atoms with Gasteiger partial charge in [-0.15, -0.1) is 6.58 Å². The van der Waals surface area contributed by atoms with Gasteiger partial charge < -0.3 is 28.7 Å². The molecule has 1 aromatic carbocycles. The van der Waals surface area contributed by atoms with E-state index in [9.17, 15) is 5.11 Å². The van der Waals surface area contributed by atoms with E-state index in [1.807, 2.05) is 30.3 Å². The average Bonchev–Trinajstić information content (AvgIpc) is 3.24. The second-order valence-corrected chi connectivity index (χ2v) is 7.84. The molecule has 176 valence electrons. The molecule has 1 aromatic heterocycles. The van der Waals surface area contributed by atoms with Crippen LogP contribution in [0.15, 0.2) is 47.5 Å². The average molecular weight is 446 g/mol. The number of rotatable bonds is 14. The highest BCUT2D eigenvalue weighted by Crippen LogP contribution is 2.33. The number of methoxy groups -OCH3 is 1. The number of hydrogen-bond donors (Lipinski definition) is 1. The Morgan fingerprint density at radius 3 is 2.78 bits per heavy atom. The van der Waals surface area contributed by atoms with Crippen molar-refractivity contribution in [1.29, 1.82) is 0 Å². The van der Waals surface area contributed by atoms with E-state index in [1.54, 1.807) is 13.2 Å². The molecule has 1 N–H and O–H groups in total. The number of anilines is 1. The summed E-state index contributed by atoms with van der Waals surface area (Å²) in [6.45, 7) is 9.69. The molecule has 0 aliphatic carbocycles. The SMILES string of the molecule is C=CCOC[C@H](O)CN(CCCOC)Cc1c(-c2ccccc2)noc1N1CCOCC1. The monoisotopic (exact) mass is 445 g/mol. The van der Waals surface area contributed by atoms with Crippen LogP contribution in [0.5, 0.6) is 0 Å². The number of ether oxygens (including phenoxy) is 3. The lowest BCUT2D eigenvalue weighted by atomic mass is 10.1. The molecule has 0 radical (unpaired) electrons. The lowest BCUT2D eigenvalue weighted by Gasteiger charge is -2.29. The fourth-order valence-corrected chi connectivity index (χ4v) is 3.81. The summed E-state index contributed by atoms with van der Waals surface area (Å²) in [6, 6.07) is 10.1. The van der Waals surface area contributed by atoms with E-state index in [0.29, 0.717) is 39.5 Å². The van der Waals surface area contributed by atoms with Gasteiger partial charge in [-0.25, -0.2) is 0 Å². The zero-order valence-electron chi connectivity index (χ0n) is 18.9. The number of hydrogen-bond acceptors (Lipinski definition) is 8. The first-order chi connectivity index (χ1) is 15.7. The van der Waals surface area contributed by atoms with E-state index < -0.39 is 6.10 Å². The number of morpholine rings is 1. The second-order valence-electron chi connectivity index (χ2n) is 7.84. The highest BCUT2D eigenvalue weighted by molar-refractivity contribution is 5.68. The van der Waals surface area contributed by atoms with E-state index in [0.717, 1.165) is 48.8 Å². The van der Waals surface area contributed by atoms with Crippen LogP contribution in [0.1, 0.15) is 12.0 Å². The standard InChI is InChI=1S/C24H35N3O5/c1-3-13-31-19-21(28)17-26(10-7-14-29-2)18-22-23(20-8-5-4-6-9-20)25-32-24(22)27-11-15-30-16-12-27/h3-6,8-9,21,28H,1,7,10-19H2,2H3/t21-/m1/s1. The third-order valence-electron chi connectivity index (χ3n) is 5.33. The third kappa shape index (κ3) is 7.15. The third-order valence-corrected chi connectivity index (χ3v) is 5.33. The summed E-state index contributed by atoms with van der Waals surface area (Å²) in [5.74, 6) is 0.779. The van der Waals surface area contributed by atoms with Gasteiger partial charge in [0.25, 0.3) is 0 Å². The topological polar surface area (TPSA) is 80.4 Å². The van der Waals surface area contributed by atoms with Crippen molar-refractivity contribution in [3.05, 3.63) is 48.6 Å². The minimum atomic E-state index is -0.607. The van der Waals surface area contributed by atoms with Crippen LogP contribution >= 0.6 is 0 Å². The molecule has 1 atom stereocenters. The van der Waals surface area contributed by atoms with Gasteiger partial charge in [0.05, 0.1) is 38.1 Å². The minimum absolute atomic E-state index is 0.262. The number of nitrogens with zero attached hydrogens (tertiary/aromatic N) is 3. The van der Waals surface area contributed by atoms with Gasteiger partial charge in [-0.2, -0.15) is 0 Å². The quantitative estimate of drug-likeness (QED) is 0.351. The van der Waals surface area contributed by atoms with E-state index in [2.05, 4.69) is 21.5 Å². The Morgan fingerprint density at radius 1 is 1.28 bits per heavy atom. The van der Waals surface area contributed by atoms with Crippen molar-refractivity contribution in [2.75, 3.05) is 71.2 Å². The minimum Gasteiger partial charge on any atom is -0.389 e. The highest BCUT2D eigenvalue weighted by atomic mass is 16.5. The van der Waals surface area contributed by atoms with Crippen LogP contribution < -0.4 is 4.90 Å². The molecule has 32 heavy (non-hydrogen) atoms. The predicted molar refractivity (Wildman–Crippen MR) is 124 cm³/mol. The molecule has 1 saturated heterocycles. The Balaban J connectivity index is 1.83. The Bertz CT molecular complexity index is 792. The summed E-state index contributed by atoms with van der Waals surface area (Å²) < 4.78 is 22.1. The number of benzene rings is 1. The molecule has 0 unspecified atom stereocenters. The molecule has 3 rings (SSSR count). The fraction of sp³-hybridized carbons (Fsp3) is 0.542. The normalized spacial score (nSPS) is 15.3. The molecular weight excluding hydrogens is 410 g/mol.